The zero-order chi connectivity index (χ0) is 18.3. The van der Waals surface area contributed by atoms with Crippen LogP contribution in [0.25, 0.3) is 10.9 Å². The molecule has 1 unspecified atom stereocenters. The maximum atomic E-state index is 12.3. The fraction of sp³-hybridized carbons (Fsp3) is 0.389. The van der Waals surface area contributed by atoms with Gasteiger partial charge in [0.25, 0.3) is 5.91 Å². The number of imide groups is 1. The summed E-state index contributed by atoms with van der Waals surface area (Å²) < 4.78 is 2.20. The van der Waals surface area contributed by atoms with Crippen molar-refractivity contribution in [2.75, 3.05) is 19.4 Å². The van der Waals surface area contributed by atoms with E-state index >= 15 is 0 Å². The van der Waals surface area contributed by atoms with E-state index in [0.29, 0.717) is 5.69 Å². The molecule has 1 fully saturated rings. The van der Waals surface area contributed by atoms with Gasteiger partial charge in [-0.25, -0.2) is 4.79 Å². The summed E-state index contributed by atoms with van der Waals surface area (Å²) in [6, 6.07) is 6.69. The van der Waals surface area contributed by atoms with Crippen LogP contribution in [0.5, 0.6) is 0 Å². The minimum atomic E-state index is -0.746. The van der Waals surface area contributed by atoms with Crippen LogP contribution >= 0.6 is 0 Å². The normalized spacial score (nSPS) is 17.7. The Morgan fingerprint density at radius 2 is 1.92 bits per heavy atom. The monoisotopic (exact) mass is 342 g/mol. The van der Waals surface area contributed by atoms with E-state index in [-0.39, 0.29) is 24.3 Å². The second-order valence-corrected chi connectivity index (χ2v) is 6.36. The Labute approximate surface area is 146 Å². The maximum Gasteiger partial charge on any atom is 0.326 e. The number of hydrogen-bond donors (Lipinski definition) is 1. The summed E-state index contributed by atoms with van der Waals surface area (Å²) in [5, 5.41) is 3.88. The van der Waals surface area contributed by atoms with E-state index in [4.69, 9.17) is 0 Å². The molecule has 2 aromatic rings. The number of aryl methyl sites for hydroxylation is 2. The number of aromatic nitrogens is 1. The number of benzene rings is 1. The first-order valence-electron chi connectivity index (χ1n) is 8.27. The molecule has 1 aromatic carbocycles. The molecule has 2 heterocycles. The van der Waals surface area contributed by atoms with E-state index in [1.807, 2.05) is 18.2 Å². The molecule has 132 valence electrons. The molecular formula is C18H22N4O3. The van der Waals surface area contributed by atoms with Gasteiger partial charge in [0.1, 0.15) is 6.04 Å². The van der Waals surface area contributed by atoms with Gasteiger partial charge in [-0.3, -0.25) is 14.5 Å². The Morgan fingerprint density at radius 1 is 1.20 bits per heavy atom. The Bertz CT molecular complexity index is 871. The minimum Gasteiger partial charge on any atom is -0.345 e. The molecule has 7 nitrogen and oxygen atoms in total. The highest BCUT2D eigenvalue weighted by Crippen LogP contribution is 2.24. The third-order valence-electron chi connectivity index (χ3n) is 4.76. The molecule has 0 spiro atoms. The Balaban J connectivity index is 1.74. The molecule has 0 aliphatic carbocycles. The lowest BCUT2D eigenvalue weighted by atomic mass is 10.1. The van der Waals surface area contributed by atoms with Crippen LogP contribution in [0.1, 0.15) is 19.0 Å². The lowest BCUT2D eigenvalue weighted by molar-refractivity contribution is -0.129. The van der Waals surface area contributed by atoms with Gasteiger partial charge >= 0.3 is 6.03 Å². The van der Waals surface area contributed by atoms with Crippen LogP contribution in [-0.2, 0) is 16.1 Å². The molecule has 4 amide bonds. The van der Waals surface area contributed by atoms with Crippen molar-refractivity contribution in [3.8, 4) is 0 Å². The SMILES string of the molecule is CCn1c(C)cc2cc(NC(=O)CC3C(=O)N(C)C(=O)N3C)ccc21. The highest BCUT2D eigenvalue weighted by Gasteiger charge is 2.41. The number of amides is 4. The summed E-state index contributed by atoms with van der Waals surface area (Å²) in [5.41, 5.74) is 2.97. The Kier molecular flexibility index (Phi) is 4.24. The van der Waals surface area contributed by atoms with Crippen molar-refractivity contribution in [2.24, 2.45) is 0 Å². The Morgan fingerprint density at radius 3 is 2.52 bits per heavy atom. The molecule has 0 saturated carbocycles. The largest absolute Gasteiger partial charge is 0.345 e. The molecule has 1 N–H and O–H groups in total. The molecule has 25 heavy (non-hydrogen) atoms. The zero-order valence-electron chi connectivity index (χ0n) is 14.9. The van der Waals surface area contributed by atoms with E-state index in [0.717, 1.165) is 22.3 Å². The van der Waals surface area contributed by atoms with Gasteiger partial charge in [0.05, 0.1) is 6.42 Å². The van der Waals surface area contributed by atoms with Crippen molar-refractivity contribution >= 4 is 34.4 Å². The number of nitrogens with zero attached hydrogens (tertiary/aromatic N) is 3. The first kappa shape index (κ1) is 17.0. The quantitative estimate of drug-likeness (QED) is 0.866. The van der Waals surface area contributed by atoms with Gasteiger partial charge in [0.15, 0.2) is 0 Å². The van der Waals surface area contributed by atoms with Gasteiger partial charge in [0, 0.05) is 42.9 Å². The van der Waals surface area contributed by atoms with Crippen LogP contribution in [0.2, 0.25) is 0 Å². The van der Waals surface area contributed by atoms with E-state index in [2.05, 4.69) is 29.8 Å². The Hall–Kier alpha value is -2.83. The minimum absolute atomic E-state index is 0.0571. The van der Waals surface area contributed by atoms with Crippen LogP contribution in [-0.4, -0.2) is 52.3 Å². The second-order valence-electron chi connectivity index (χ2n) is 6.36. The van der Waals surface area contributed by atoms with Crippen molar-refractivity contribution in [3.05, 3.63) is 30.0 Å². The van der Waals surface area contributed by atoms with Gasteiger partial charge in [0.2, 0.25) is 5.91 Å². The van der Waals surface area contributed by atoms with Gasteiger partial charge in [-0.1, -0.05) is 0 Å². The first-order chi connectivity index (χ1) is 11.8. The molecule has 7 heteroatoms. The van der Waals surface area contributed by atoms with Crippen LogP contribution in [0.15, 0.2) is 24.3 Å². The molecule has 3 rings (SSSR count). The molecule has 0 bridgehead atoms. The van der Waals surface area contributed by atoms with Crippen LogP contribution in [0.3, 0.4) is 0 Å². The fourth-order valence-corrected chi connectivity index (χ4v) is 3.37. The first-order valence-corrected chi connectivity index (χ1v) is 8.27. The van der Waals surface area contributed by atoms with Gasteiger partial charge in [-0.2, -0.15) is 0 Å². The molecule has 1 aliphatic heterocycles. The third kappa shape index (κ3) is 2.86. The zero-order valence-corrected chi connectivity index (χ0v) is 14.9. The predicted molar refractivity (Wildman–Crippen MR) is 95.3 cm³/mol. The van der Waals surface area contributed by atoms with Crippen molar-refractivity contribution in [1.29, 1.82) is 0 Å². The molecule has 1 aromatic heterocycles. The second kappa shape index (κ2) is 6.23. The third-order valence-corrected chi connectivity index (χ3v) is 4.76. The van der Waals surface area contributed by atoms with E-state index in [1.54, 1.807) is 0 Å². The number of likely N-dealkylation sites (N-methyl/N-ethyl adjacent to an activating group) is 2. The van der Waals surface area contributed by atoms with Crippen molar-refractivity contribution in [1.82, 2.24) is 14.4 Å². The van der Waals surface area contributed by atoms with Crippen LogP contribution < -0.4 is 5.32 Å². The highest BCUT2D eigenvalue weighted by atomic mass is 16.2. The number of anilines is 1. The summed E-state index contributed by atoms with van der Waals surface area (Å²) in [6.45, 7) is 5.03. The van der Waals surface area contributed by atoms with Crippen molar-refractivity contribution in [2.45, 2.75) is 32.9 Å². The average Bonchev–Trinajstić information content (AvgIpc) is 2.98. The number of urea groups is 1. The lowest BCUT2D eigenvalue weighted by Crippen LogP contribution is -2.35. The van der Waals surface area contributed by atoms with Gasteiger partial charge in [-0.15, -0.1) is 0 Å². The molecule has 1 atom stereocenters. The average molecular weight is 342 g/mol. The molecule has 0 radical (unpaired) electrons. The predicted octanol–water partition coefficient (Wildman–Crippen LogP) is 2.19. The molecule has 1 aliphatic rings. The number of carbonyl (C=O) groups excluding carboxylic acids is 3. The number of carbonyl (C=O) groups is 3. The summed E-state index contributed by atoms with van der Waals surface area (Å²) in [7, 11) is 2.96. The van der Waals surface area contributed by atoms with Crippen molar-refractivity contribution < 1.29 is 14.4 Å². The van der Waals surface area contributed by atoms with Gasteiger partial charge in [-0.05, 0) is 38.1 Å². The lowest BCUT2D eigenvalue weighted by Gasteiger charge is -2.15. The fourth-order valence-electron chi connectivity index (χ4n) is 3.37. The highest BCUT2D eigenvalue weighted by molar-refractivity contribution is 6.06. The van der Waals surface area contributed by atoms with Gasteiger partial charge < -0.3 is 14.8 Å². The number of fused-ring (bicyclic) bond motifs is 1. The number of rotatable bonds is 4. The van der Waals surface area contributed by atoms with E-state index < -0.39 is 6.04 Å². The summed E-state index contributed by atoms with van der Waals surface area (Å²) in [5.74, 6) is -0.645. The van der Waals surface area contributed by atoms with E-state index in [1.165, 1.54) is 24.7 Å². The number of nitrogens with one attached hydrogen (secondary N) is 1. The standard InChI is InChI=1S/C18H22N4O3/c1-5-22-11(2)8-12-9-13(6-7-14(12)22)19-16(23)10-15-17(24)21(4)18(25)20(15)3/h6-9,15H,5,10H2,1-4H3,(H,19,23). The smallest absolute Gasteiger partial charge is 0.326 e. The van der Waals surface area contributed by atoms with Crippen LogP contribution in [0, 0.1) is 6.92 Å². The topological polar surface area (TPSA) is 74.6 Å². The van der Waals surface area contributed by atoms with Crippen molar-refractivity contribution in [3.63, 3.8) is 0 Å². The van der Waals surface area contributed by atoms with E-state index in [9.17, 15) is 14.4 Å². The molecular weight excluding hydrogens is 320 g/mol. The summed E-state index contributed by atoms with van der Waals surface area (Å²) >= 11 is 0. The maximum absolute atomic E-state index is 12.3. The summed E-state index contributed by atoms with van der Waals surface area (Å²) in [6.07, 6.45) is -0.0571. The number of hydrogen-bond acceptors (Lipinski definition) is 3. The molecule has 1 saturated heterocycles. The van der Waals surface area contributed by atoms with Crippen LogP contribution in [0.4, 0.5) is 10.5 Å². The summed E-state index contributed by atoms with van der Waals surface area (Å²) in [4.78, 5) is 38.5.